The third kappa shape index (κ3) is 4.21. The summed E-state index contributed by atoms with van der Waals surface area (Å²) in [5, 5.41) is 4.06. The van der Waals surface area contributed by atoms with Gasteiger partial charge in [-0.05, 0) is 62.3 Å². The monoisotopic (exact) mass is 383 g/mol. The summed E-state index contributed by atoms with van der Waals surface area (Å²) in [5.41, 5.74) is 0.892. The van der Waals surface area contributed by atoms with Crippen molar-refractivity contribution in [2.24, 2.45) is 5.92 Å². The molecule has 0 N–H and O–H groups in total. The highest BCUT2D eigenvalue weighted by Crippen LogP contribution is 2.35. The Morgan fingerprint density at radius 3 is 2.79 bits per heavy atom. The van der Waals surface area contributed by atoms with E-state index in [2.05, 4.69) is 15.0 Å². The van der Waals surface area contributed by atoms with Crippen LogP contribution in [0.3, 0.4) is 0 Å². The number of hydrogen-bond donors (Lipinski definition) is 0. The number of amides is 1. The molecule has 1 aliphatic heterocycles. The zero-order chi connectivity index (χ0) is 19.3. The minimum Gasteiger partial charge on any atom is -0.497 e. The smallest absolute Gasteiger partial charge is 0.226 e. The lowest BCUT2D eigenvalue weighted by atomic mass is 9.78. The molecule has 150 valence electrons. The molecule has 6 heteroatoms. The Morgan fingerprint density at radius 2 is 1.96 bits per heavy atom. The van der Waals surface area contributed by atoms with Crippen LogP contribution in [0.25, 0.3) is 11.4 Å². The normalized spacial score (nSPS) is 22.0. The zero-order valence-electron chi connectivity index (χ0n) is 16.6. The SMILES string of the molecule is COc1ccc(-c2noc(CCCC(=O)N3CCCC4CCCCC43)n2)cc1. The summed E-state index contributed by atoms with van der Waals surface area (Å²) in [6.07, 6.45) is 9.47. The summed E-state index contributed by atoms with van der Waals surface area (Å²) in [6, 6.07) is 8.06. The summed E-state index contributed by atoms with van der Waals surface area (Å²) in [5.74, 6) is 2.99. The number of ether oxygens (including phenoxy) is 1. The maximum absolute atomic E-state index is 12.8. The van der Waals surface area contributed by atoms with Crippen molar-refractivity contribution in [3.05, 3.63) is 30.2 Å². The summed E-state index contributed by atoms with van der Waals surface area (Å²) in [4.78, 5) is 19.4. The summed E-state index contributed by atoms with van der Waals surface area (Å²) < 4.78 is 10.5. The average molecular weight is 383 g/mol. The highest BCUT2D eigenvalue weighted by molar-refractivity contribution is 5.76. The van der Waals surface area contributed by atoms with E-state index in [1.54, 1.807) is 7.11 Å². The van der Waals surface area contributed by atoms with Gasteiger partial charge in [-0.25, -0.2) is 0 Å². The molecule has 2 fully saturated rings. The number of benzene rings is 1. The number of methoxy groups -OCH3 is 1. The Kier molecular flexibility index (Phi) is 5.93. The second kappa shape index (κ2) is 8.76. The van der Waals surface area contributed by atoms with Crippen LogP contribution >= 0.6 is 0 Å². The Balaban J connectivity index is 1.29. The van der Waals surface area contributed by atoms with Gasteiger partial charge in [-0.3, -0.25) is 4.79 Å². The molecule has 2 aromatic rings. The van der Waals surface area contributed by atoms with E-state index < -0.39 is 0 Å². The molecule has 0 spiro atoms. The molecule has 1 aromatic heterocycles. The van der Waals surface area contributed by atoms with Crippen molar-refractivity contribution >= 4 is 5.91 Å². The fraction of sp³-hybridized carbons (Fsp3) is 0.591. The Hall–Kier alpha value is -2.37. The first kappa shape index (κ1) is 19.0. The number of fused-ring (bicyclic) bond motifs is 1. The molecule has 1 aliphatic carbocycles. The van der Waals surface area contributed by atoms with Crippen LogP contribution in [0.15, 0.2) is 28.8 Å². The third-order valence-electron chi connectivity index (χ3n) is 6.16. The molecule has 2 atom stereocenters. The molecule has 1 saturated carbocycles. The average Bonchev–Trinajstić information content (AvgIpc) is 3.22. The second-order valence-electron chi connectivity index (χ2n) is 7.94. The number of rotatable bonds is 6. The number of aromatic nitrogens is 2. The molecule has 1 amide bonds. The van der Waals surface area contributed by atoms with Crippen molar-refractivity contribution in [1.29, 1.82) is 0 Å². The van der Waals surface area contributed by atoms with Gasteiger partial charge in [0.05, 0.1) is 7.11 Å². The first-order chi connectivity index (χ1) is 13.7. The molecule has 1 saturated heterocycles. The van der Waals surface area contributed by atoms with Gasteiger partial charge < -0.3 is 14.2 Å². The lowest BCUT2D eigenvalue weighted by Crippen LogP contribution is -2.49. The van der Waals surface area contributed by atoms with Gasteiger partial charge in [-0.2, -0.15) is 4.98 Å². The van der Waals surface area contributed by atoms with Crippen molar-refractivity contribution in [3.63, 3.8) is 0 Å². The van der Waals surface area contributed by atoms with E-state index in [4.69, 9.17) is 9.26 Å². The van der Waals surface area contributed by atoms with Crippen LogP contribution in [0.1, 0.15) is 57.3 Å². The fourth-order valence-corrected chi connectivity index (χ4v) is 4.68. The molecule has 28 heavy (non-hydrogen) atoms. The van der Waals surface area contributed by atoms with E-state index in [1.807, 2.05) is 24.3 Å². The second-order valence-corrected chi connectivity index (χ2v) is 7.94. The zero-order valence-corrected chi connectivity index (χ0v) is 16.6. The molecule has 2 heterocycles. The van der Waals surface area contributed by atoms with Gasteiger partial charge in [-0.15, -0.1) is 0 Å². The van der Waals surface area contributed by atoms with Gasteiger partial charge in [0.15, 0.2) is 0 Å². The van der Waals surface area contributed by atoms with E-state index in [9.17, 15) is 4.79 Å². The first-order valence-electron chi connectivity index (χ1n) is 10.5. The molecule has 4 rings (SSSR count). The minimum absolute atomic E-state index is 0.298. The van der Waals surface area contributed by atoms with Crippen LogP contribution in [0.5, 0.6) is 5.75 Å². The van der Waals surface area contributed by atoms with Crippen LogP contribution in [0, 0.1) is 5.92 Å². The van der Waals surface area contributed by atoms with Gasteiger partial charge >= 0.3 is 0 Å². The molecular formula is C22H29N3O3. The van der Waals surface area contributed by atoms with E-state index >= 15 is 0 Å². The number of hydrogen-bond acceptors (Lipinski definition) is 5. The molecule has 0 bridgehead atoms. The topological polar surface area (TPSA) is 68.5 Å². The first-order valence-corrected chi connectivity index (χ1v) is 10.5. The van der Waals surface area contributed by atoms with E-state index in [0.29, 0.717) is 36.5 Å². The molecule has 6 nitrogen and oxygen atoms in total. The van der Waals surface area contributed by atoms with Crippen LogP contribution in [0.4, 0.5) is 0 Å². The van der Waals surface area contributed by atoms with Gasteiger partial charge in [0.25, 0.3) is 0 Å². The number of piperidine rings is 1. The lowest BCUT2D eigenvalue weighted by Gasteiger charge is -2.44. The van der Waals surface area contributed by atoms with Crippen molar-refractivity contribution < 1.29 is 14.1 Å². The Labute approximate surface area is 166 Å². The third-order valence-corrected chi connectivity index (χ3v) is 6.16. The van der Waals surface area contributed by atoms with Crippen molar-refractivity contribution in [3.8, 4) is 17.1 Å². The van der Waals surface area contributed by atoms with Gasteiger partial charge in [0, 0.05) is 31.0 Å². The van der Waals surface area contributed by atoms with Crippen LogP contribution in [-0.2, 0) is 11.2 Å². The number of aryl methyl sites for hydroxylation is 1. The number of carbonyl (C=O) groups is 1. The molecular weight excluding hydrogens is 354 g/mol. The summed E-state index contributed by atoms with van der Waals surface area (Å²) >= 11 is 0. The van der Waals surface area contributed by atoms with Crippen molar-refractivity contribution in [2.45, 2.75) is 63.8 Å². The Morgan fingerprint density at radius 1 is 1.18 bits per heavy atom. The van der Waals surface area contributed by atoms with E-state index in [1.165, 1.54) is 32.1 Å². The predicted octanol–water partition coefficient (Wildman–Crippen LogP) is 4.25. The van der Waals surface area contributed by atoms with E-state index in [0.717, 1.165) is 36.6 Å². The number of carbonyl (C=O) groups excluding carboxylic acids is 1. The standard InChI is InChI=1S/C22H29N3O3/c1-27-18-13-11-17(12-14-18)22-23-20(28-24-22)9-4-10-21(26)25-15-5-7-16-6-2-3-8-19(16)25/h11-14,16,19H,2-10,15H2,1H3. The summed E-state index contributed by atoms with van der Waals surface area (Å²) in [7, 11) is 1.64. The maximum atomic E-state index is 12.8. The van der Waals surface area contributed by atoms with E-state index in [-0.39, 0.29) is 0 Å². The molecule has 2 unspecified atom stereocenters. The fourth-order valence-electron chi connectivity index (χ4n) is 4.68. The number of likely N-dealkylation sites (tertiary alicyclic amines) is 1. The largest absolute Gasteiger partial charge is 0.497 e. The van der Waals surface area contributed by atoms with Crippen molar-refractivity contribution in [2.75, 3.05) is 13.7 Å². The van der Waals surface area contributed by atoms with Gasteiger partial charge in [0.2, 0.25) is 17.6 Å². The number of nitrogens with zero attached hydrogens (tertiary/aromatic N) is 3. The summed E-state index contributed by atoms with van der Waals surface area (Å²) in [6.45, 7) is 0.933. The maximum Gasteiger partial charge on any atom is 0.226 e. The van der Waals surface area contributed by atoms with Crippen LogP contribution in [0.2, 0.25) is 0 Å². The molecule has 2 aliphatic rings. The van der Waals surface area contributed by atoms with Crippen molar-refractivity contribution in [1.82, 2.24) is 15.0 Å². The minimum atomic E-state index is 0.298. The van der Waals surface area contributed by atoms with Gasteiger partial charge in [0.1, 0.15) is 5.75 Å². The van der Waals surface area contributed by atoms with Crippen LogP contribution in [-0.4, -0.2) is 40.6 Å². The van der Waals surface area contributed by atoms with Crippen LogP contribution < -0.4 is 4.74 Å². The molecule has 0 radical (unpaired) electrons. The highest BCUT2D eigenvalue weighted by Gasteiger charge is 2.35. The lowest BCUT2D eigenvalue weighted by molar-refractivity contribution is -0.137. The molecule has 1 aromatic carbocycles. The Bertz CT molecular complexity index is 785. The van der Waals surface area contributed by atoms with Gasteiger partial charge in [-0.1, -0.05) is 18.0 Å². The quantitative estimate of drug-likeness (QED) is 0.746. The highest BCUT2D eigenvalue weighted by atomic mass is 16.5. The predicted molar refractivity (Wildman–Crippen MR) is 106 cm³/mol.